The number of carboxylic acid groups (broad SMARTS) is 1. The number of fused-ring (bicyclic) bond motifs is 1. The van der Waals surface area contributed by atoms with Gasteiger partial charge in [0.05, 0.1) is 0 Å². The van der Waals surface area contributed by atoms with Crippen molar-refractivity contribution >= 4 is 23.4 Å². The summed E-state index contributed by atoms with van der Waals surface area (Å²) >= 11 is 5.55. The van der Waals surface area contributed by atoms with Crippen LogP contribution in [-0.4, -0.2) is 34.1 Å². The van der Waals surface area contributed by atoms with E-state index >= 15 is 0 Å². The first-order valence-electron chi connectivity index (χ1n) is 6.34. The number of aromatic nitrogens is 2. The highest BCUT2D eigenvalue weighted by Gasteiger charge is 2.56. The molecule has 2 heterocycles. The van der Waals surface area contributed by atoms with Gasteiger partial charge >= 0.3 is 12.1 Å². The molecule has 1 aromatic heterocycles. The normalized spacial score (nSPS) is 27.6. The maximum Gasteiger partial charge on any atom is 0.433 e. The molecule has 1 aliphatic carbocycles. The van der Waals surface area contributed by atoms with Crippen LogP contribution >= 0.6 is 11.6 Å². The minimum absolute atomic E-state index is 0.113. The van der Waals surface area contributed by atoms with E-state index in [1.54, 1.807) is 4.90 Å². The molecule has 1 N–H and O–H groups in total. The molecule has 21 heavy (non-hydrogen) atoms. The van der Waals surface area contributed by atoms with Crippen LogP contribution in [0.4, 0.5) is 19.0 Å². The largest absolute Gasteiger partial charge is 0.481 e. The Kier molecular flexibility index (Phi) is 3.23. The van der Waals surface area contributed by atoms with Crippen molar-refractivity contribution in [3.63, 3.8) is 0 Å². The molecule has 0 aromatic carbocycles. The van der Waals surface area contributed by atoms with Crippen molar-refractivity contribution in [1.82, 2.24) is 9.97 Å². The summed E-state index contributed by atoms with van der Waals surface area (Å²) < 4.78 is 38.1. The Morgan fingerprint density at radius 2 is 2.00 bits per heavy atom. The first kappa shape index (κ1) is 14.4. The molecular formula is C12H11ClF3N3O2. The van der Waals surface area contributed by atoms with Crippen LogP contribution in [0.5, 0.6) is 0 Å². The van der Waals surface area contributed by atoms with Crippen LogP contribution in [0.3, 0.4) is 0 Å². The fraction of sp³-hybridized carbons (Fsp3) is 0.583. The monoisotopic (exact) mass is 321 g/mol. The van der Waals surface area contributed by atoms with Gasteiger partial charge in [0.25, 0.3) is 0 Å². The summed E-state index contributed by atoms with van der Waals surface area (Å²) in [7, 11) is 0. The molecule has 114 valence electrons. The van der Waals surface area contributed by atoms with Crippen LogP contribution in [-0.2, 0) is 11.0 Å². The minimum atomic E-state index is -4.57. The molecule has 2 aliphatic rings. The second-order valence-electron chi connectivity index (χ2n) is 5.37. The zero-order valence-corrected chi connectivity index (χ0v) is 11.4. The molecule has 1 saturated carbocycles. The number of anilines is 1. The standard InChI is InChI=1S/C12H11ClF3N3O2/c13-11-17-8(12(14,15)16)2-9(18-11)19-3-6-5(1-10(20)21)7(6)4-19/h2,5-7H,1,3-4H2,(H,20,21)/t5-,6-,7+. The molecule has 3 rings (SSSR count). The van der Waals surface area contributed by atoms with Gasteiger partial charge in [-0.2, -0.15) is 13.2 Å². The molecule has 0 spiro atoms. The molecular weight excluding hydrogens is 311 g/mol. The van der Waals surface area contributed by atoms with E-state index in [1.807, 2.05) is 0 Å². The van der Waals surface area contributed by atoms with Gasteiger partial charge < -0.3 is 10.0 Å². The van der Waals surface area contributed by atoms with Gasteiger partial charge in [0.2, 0.25) is 5.28 Å². The zero-order chi connectivity index (χ0) is 15.4. The van der Waals surface area contributed by atoms with E-state index in [2.05, 4.69) is 9.97 Å². The van der Waals surface area contributed by atoms with Gasteiger partial charge in [-0.15, -0.1) is 0 Å². The van der Waals surface area contributed by atoms with Gasteiger partial charge in [-0.25, -0.2) is 9.97 Å². The number of alkyl halides is 3. The van der Waals surface area contributed by atoms with Crippen molar-refractivity contribution in [1.29, 1.82) is 0 Å². The van der Waals surface area contributed by atoms with Gasteiger partial charge in [0, 0.05) is 25.6 Å². The van der Waals surface area contributed by atoms with Crippen molar-refractivity contribution in [3.8, 4) is 0 Å². The molecule has 0 bridgehead atoms. The first-order chi connectivity index (χ1) is 9.75. The van der Waals surface area contributed by atoms with Crippen molar-refractivity contribution in [2.75, 3.05) is 18.0 Å². The van der Waals surface area contributed by atoms with E-state index in [-0.39, 0.29) is 30.0 Å². The number of carbonyl (C=O) groups is 1. The first-order valence-corrected chi connectivity index (χ1v) is 6.72. The average Bonchev–Trinajstić information content (AvgIpc) is 2.83. The lowest BCUT2D eigenvalue weighted by Crippen LogP contribution is -2.26. The Hall–Kier alpha value is -1.57. The quantitative estimate of drug-likeness (QED) is 0.865. The van der Waals surface area contributed by atoms with Crippen LogP contribution in [0.1, 0.15) is 12.1 Å². The Labute approximate surface area is 122 Å². The van der Waals surface area contributed by atoms with Gasteiger partial charge in [0.1, 0.15) is 5.82 Å². The van der Waals surface area contributed by atoms with Crippen molar-refractivity contribution in [3.05, 3.63) is 17.0 Å². The van der Waals surface area contributed by atoms with Crippen LogP contribution in [0.15, 0.2) is 6.07 Å². The summed E-state index contributed by atoms with van der Waals surface area (Å²) in [5, 5.41) is 8.31. The second-order valence-corrected chi connectivity index (χ2v) is 5.71. The predicted molar refractivity (Wildman–Crippen MR) is 67.0 cm³/mol. The molecule has 1 aromatic rings. The van der Waals surface area contributed by atoms with Gasteiger partial charge in [-0.3, -0.25) is 4.79 Å². The van der Waals surface area contributed by atoms with Gasteiger partial charge in [-0.05, 0) is 29.4 Å². The Bertz CT molecular complexity index is 584. The van der Waals surface area contributed by atoms with Crippen LogP contribution < -0.4 is 4.90 Å². The molecule has 0 radical (unpaired) electrons. The van der Waals surface area contributed by atoms with E-state index in [1.165, 1.54) is 0 Å². The lowest BCUT2D eigenvalue weighted by molar-refractivity contribution is -0.141. The zero-order valence-electron chi connectivity index (χ0n) is 10.6. The highest BCUT2D eigenvalue weighted by atomic mass is 35.5. The van der Waals surface area contributed by atoms with Crippen molar-refractivity contribution < 1.29 is 23.1 Å². The van der Waals surface area contributed by atoms with Gasteiger partial charge in [-0.1, -0.05) is 0 Å². The Morgan fingerprint density at radius 1 is 1.38 bits per heavy atom. The summed E-state index contributed by atoms with van der Waals surface area (Å²) in [5.41, 5.74) is -1.07. The van der Waals surface area contributed by atoms with Crippen LogP contribution in [0.2, 0.25) is 5.28 Å². The fourth-order valence-corrected chi connectivity index (χ4v) is 3.23. The van der Waals surface area contributed by atoms with E-state index in [0.29, 0.717) is 13.1 Å². The molecule has 0 amide bonds. The summed E-state index contributed by atoms with van der Waals surface area (Å²) in [6, 6.07) is 0.878. The lowest BCUT2D eigenvalue weighted by atomic mass is 10.2. The maximum absolute atomic E-state index is 12.7. The third kappa shape index (κ3) is 2.76. The summed E-state index contributed by atoms with van der Waals surface area (Å²) in [5.74, 6) is -0.152. The Balaban J connectivity index is 1.73. The number of hydrogen-bond acceptors (Lipinski definition) is 4. The highest BCUT2D eigenvalue weighted by molar-refractivity contribution is 6.28. The number of carboxylic acids is 1. The van der Waals surface area contributed by atoms with E-state index in [0.717, 1.165) is 6.07 Å². The van der Waals surface area contributed by atoms with E-state index in [9.17, 15) is 18.0 Å². The number of piperidine rings is 1. The summed E-state index contributed by atoms with van der Waals surface area (Å²) in [4.78, 5) is 19.4. The smallest absolute Gasteiger partial charge is 0.433 e. The highest BCUT2D eigenvalue weighted by Crippen LogP contribution is 2.54. The van der Waals surface area contributed by atoms with Crippen molar-refractivity contribution in [2.45, 2.75) is 12.6 Å². The molecule has 1 saturated heterocycles. The predicted octanol–water partition coefficient (Wildman–Crippen LogP) is 2.31. The molecule has 9 heteroatoms. The minimum Gasteiger partial charge on any atom is -0.481 e. The van der Waals surface area contributed by atoms with E-state index in [4.69, 9.17) is 16.7 Å². The fourth-order valence-electron chi connectivity index (χ4n) is 3.05. The third-order valence-electron chi connectivity index (χ3n) is 4.08. The number of hydrogen-bond donors (Lipinski definition) is 1. The number of rotatable bonds is 3. The topological polar surface area (TPSA) is 66.3 Å². The Morgan fingerprint density at radius 3 is 2.52 bits per heavy atom. The summed E-state index contributed by atoms with van der Waals surface area (Å²) in [6.45, 7) is 1.01. The number of aliphatic carboxylic acids is 1. The van der Waals surface area contributed by atoms with Gasteiger partial charge in [0.15, 0.2) is 5.69 Å². The number of halogens is 4. The summed E-state index contributed by atoms with van der Waals surface area (Å²) in [6.07, 6.45) is -4.46. The molecule has 3 atom stereocenters. The van der Waals surface area contributed by atoms with Crippen LogP contribution in [0.25, 0.3) is 0 Å². The second kappa shape index (κ2) is 4.72. The third-order valence-corrected chi connectivity index (χ3v) is 4.25. The molecule has 1 aliphatic heterocycles. The molecule has 2 fully saturated rings. The lowest BCUT2D eigenvalue weighted by Gasteiger charge is -2.21. The SMILES string of the molecule is O=C(O)C[C@@H]1[C@H]2CN(c3cc(C(F)(F)F)nc(Cl)n3)C[C@@H]12. The maximum atomic E-state index is 12.7. The average molecular weight is 322 g/mol. The van der Waals surface area contributed by atoms with Crippen LogP contribution in [0, 0.1) is 17.8 Å². The molecule has 5 nitrogen and oxygen atoms in total. The van der Waals surface area contributed by atoms with E-state index < -0.39 is 23.1 Å². The van der Waals surface area contributed by atoms with Crippen molar-refractivity contribution in [2.24, 2.45) is 17.8 Å². The number of nitrogens with zero attached hydrogens (tertiary/aromatic N) is 3. The molecule has 0 unspecified atom stereocenters.